The number of carbonyl (C=O) groups excluding carboxylic acids is 1. The number of likely N-dealkylation sites (tertiary alicyclic amines) is 1. The summed E-state index contributed by atoms with van der Waals surface area (Å²) in [5, 5.41) is 14.1. The fourth-order valence-electron chi connectivity index (χ4n) is 3.35. The number of fused-ring (bicyclic) bond motifs is 1. The van der Waals surface area contributed by atoms with Gasteiger partial charge in [0.2, 0.25) is 0 Å². The zero-order chi connectivity index (χ0) is 17.9. The molecule has 1 fully saturated rings. The average Bonchev–Trinajstić information content (AvgIpc) is 3.16. The summed E-state index contributed by atoms with van der Waals surface area (Å²) in [5.74, 6) is 0.0339. The first-order chi connectivity index (χ1) is 12.7. The number of carbonyl (C=O) groups is 1. The molecule has 2 aromatic heterocycles. The van der Waals surface area contributed by atoms with Gasteiger partial charge in [-0.3, -0.25) is 4.79 Å². The quantitative estimate of drug-likeness (QED) is 0.676. The maximum Gasteiger partial charge on any atom is 0.253 e. The van der Waals surface area contributed by atoms with E-state index in [2.05, 4.69) is 15.3 Å². The van der Waals surface area contributed by atoms with Crippen LogP contribution in [0.4, 0.5) is 5.69 Å². The van der Waals surface area contributed by atoms with Gasteiger partial charge >= 0.3 is 0 Å². The standard InChI is InChI=1S/C20H22N4O2/c25-17-7-11-24(12-8-17)20(26)14-1-3-16(4-2-14)23-13-15-5-9-21-19-18(15)6-10-22-19/h1-6,9-10,17,23,25H,7-8,11-13H2,(H,21,22). The largest absolute Gasteiger partial charge is 0.393 e. The molecule has 0 aliphatic carbocycles. The molecular formula is C20H22N4O2. The molecule has 0 spiro atoms. The van der Waals surface area contributed by atoms with E-state index in [4.69, 9.17) is 0 Å². The summed E-state index contributed by atoms with van der Waals surface area (Å²) in [7, 11) is 0. The van der Waals surface area contributed by atoms with E-state index in [1.165, 1.54) is 5.56 Å². The summed E-state index contributed by atoms with van der Waals surface area (Å²) >= 11 is 0. The van der Waals surface area contributed by atoms with Gasteiger partial charge < -0.3 is 20.3 Å². The SMILES string of the molecule is O=C(c1ccc(NCc2ccnc3[nH]ccc23)cc1)N1CCC(O)CC1. The highest BCUT2D eigenvalue weighted by molar-refractivity contribution is 5.94. The number of nitrogens with one attached hydrogen (secondary N) is 2. The molecular weight excluding hydrogens is 328 g/mol. The van der Waals surface area contributed by atoms with Crippen LogP contribution >= 0.6 is 0 Å². The van der Waals surface area contributed by atoms with Crippen molar-refractivity contribution in [3.63, 3.8) is 0 Å². The molecule has 3 aromatic rings. The fourth-order valence-corrected chi connectivity index (χ4v) is 3.35. The molecule has 1 aromatic carbocycles. The van der Waals surface area contributed by atoms with Gasteiger partial charge in [0, 0.05) is 48.7 Å². The zero-order valence-electron chi connectivity index (χ0n) is 14.5. The van der Waals surface area contributed by atoms with E-state index in [-0.39, 0.29) is 12.0 Å². The highest BCUT2D eigenvalue weighted by atomic mass is 16.3. The van der Waals surface area contributed by atoms with E-state index in [0.717, 1.165) is 16.7 Å². The number of pyridine rings is 1. The van der Waals surface area contributed by atoms with Gasteiger partial charge in [-0.15, -0.1) is 0 Å². The summed E-state index contributed by atoms with van der Waals surface area (Å²) in [6.45, 7) is 1.93. The van der Waals surface area contributed by atoms with Crippen molar-refractivity contribution in [3.05, 3.63) is 59.9 Å². The van der Waals surface area contributed by atoms with Gasteiger partial charge in [0.25, 0.3) is 5.91 Å². The Morgan fingerprint density at radius 2 is 1.96 bits per heavy atom. The number of hydrogen-bond acceptors (Lipinski definition) is 4. The number of piperidine rings is 1. The van der Waals surface area contributed by atoms with Crippen molar-refractivity contribution in [1.29, 1.82) is 0 Å². The molecule has 4 rings (SSSR count). The maximum absolute atomic E-state index is 12.5. The average molecular weight is 350 g/mol. The number of benzene rings is 1. The van der Waals surface area contributed by atoms with E-state index in [1.807, 2.05) is 47.5 Å². The molecule has 3 heterocycles. The highest BCUT2D eigenvalue weighted by Crippen LogP contribution is 2.19. The minimum Gasteiger partial charge on any atom is -0.393 e. The molecule has 3 N–H and O–H groups in total. The molecule has 1 aliphatic rings. The Balaban J connectivity index is 1.40. The van der Waals surface area contributed by atoms with E-state index in [9.17, 15) is 9.90 Å². The number of amides is 1. The lowest BCUT2D eigenvalue weighted by Crippen LogP contribution is -2.40. The van der Waals surface area contributed by atoms with Crippen molar-refractivity contribution in [2.24, 2.45) is 0 Å². The van der Waals surface area contributed by atoms with Crippen LogP contribution in [-0.4, -0.2) is 45.1 Å². The van der Waals surface area contributed by atoms with E-state index < -0.39 is 0 Å². The van der Waals surface area contributed by atoms with Gasteiger partial charge in [0.05, 0.1) is 6.10 Å². The summed E-state index contributed by atoms with van der Waals surface area (Å²) in [6, 6.07) is 11.6. The van der Waals surface area contributed by atoms with Gasteiger partial charge in [-0.25, -0.2) is 4.98 Å². The van der Waals surface area contributed by atoms with Crippen molar-refractivity contribution < 1.29 is 9.90 Å². The first-order valence-corrected chi connectivity index (χ1v) is 8.93. The third-order valence-electron chi connectivity index (χ3n) is 4.92. The number of anilines is 1. The number of aromatic amines is 1. The molecule has 0 atom stereocenters. The lowest BCUT2D eigenvalue weighted by molar-refractivity contribution is 0.0546. The first-order valence-electron chi connectivity index (χ1n) is 8.93. The Kier molecular flexibility index (Phi) is 4.58. The van der Waals surface area contributed by atoms with Gasteiger partial charge in [-0.1, -0.05) is 0 Å². The molecule has 1 amide bonds. The summed E-state index contributed by atoms with van der Waals surface area (Å²) in [5.41, 5.74) is 3.71. The molecule has 26 heavy (non-hydrogen) atoms. The number of rotatable bonds is 4. The van der Waals surface area contributed by atoms with Crippen LogP contribution in [0, 0.1) is 0 Å². The number of H-pyrrole nitrogens is 1. The number of nitrogens with zero attached hydrogens (tertiary/aromatic N) is 2. The Hall–Kier alpha value is -2.86. The van der Waals surface area contributed by atoms with Crippen LogP contribution < -0.4 is 5.32 Å². The zero-order valence-corrected chi connectivity index (χ0v) is 14.5. The molecule has 134 valence electrons. The Morgan fingerprint density at radius 3 is 2.73 bits per heavy atom. The third kappa shape index (κ3) is 3.41. The lowest BCUT2D eigenvalue weighted by atomic mass is 10.1. The van der Waals surface area contributed by atoms with Crippen LogP contribution in [0.1, 0.15) is 28.8 Å². The molecule has 0 unspecified atom stereocenters. The molecule has 6 heteroatoms. The van der Waals surface area contributed by atoms with E-state index in [1.54, 1.807) is 6.20 Å². The van der Waals surface area contributed by atoms with Crippen LogP contribution in [0.15, 0.2) is 48.8 Å². The predicted molar refractivity (Wildman–Crippen MR) is 101 cm³/mol. The number of hydrogen-bond donors (Lipinski definition) is 3. The van der Waals surface area contributed by atoms with Gasteiger partial charge in [-0.05, 0) is 54.8 Å². The normalized spacial score (nSPS) is 15.3. The number of aromatic nitrogens is 2. The second-order valence-corrected chi connectivity index (χ2v) is 6.66. The second kappa shape index (κ2) is 7.17. The molecule has 6 nitrogen and oxygen atoms in total. The van der Waals surface area contributed by atoms with Crippen molar-refractivity contribution in [1.82, 2.24) is 14.9 Å². The fraction of sp³-hybridized carbons (Fsp3) is 0.300. The monoisotopic (exact) mass is 350 g/mol. The van der Waals surface area contributed by atoms with Crippen molar-refractivity contribution in [2.45, 2.75) is 25.5 Å². The minimum atomic E-state index is -0.273. The van der Waals surface area contributed by atoms with Gasteiger partial charge in [0.15, 0.2) is 0 Å². The molecule has 0 saturated carbocycles. The molecule has 1 aliphatic heterocycles. The summed E-state index contributed by atoms with van der Waals surface area (Å²) in [6.07, 6.45) is 4.73. The minimum absolute atomic E-state index is 0.0339. The van der Waals surface area contributed by atoms with Crippen LogP contribution in [0.2, 0.25) is 0 Å². The van der Waals surface area contributed by atoms with Gasteiger partial charge in [0.1, 0.15) is 5.65 Å². The van der Waals surface area contributed by atoms with Crippen LogP contribution in [0.3, 0.4) is 0 Å². The Bertz CT molecular complexity index is 896. The second-order valence-electron chi connectivity index (χ2n) is 6.66. The van der Waals surface area contributed by atoms with Crippen LogP contribution in [-0.2, 0) is 6.54 Å². The van der Waals surface area contributed by atoms with Crippen molar-refractivity contribution in [3.8, 4) is 0 Å². The Labute approximate surface area is 151 Å². The third-order valence-corrected chi connectivity index (χ3v) is 4.92. The summed E-state index contributed by atoms with van der Waals surface area (Å²) in [4.78, 5) is 21.8. The number of aliphatic hydroxyl groups excluding tert-OH is 1. The summed E-state index contributed by atoms with van der Waals surface area (Å²) < 4.78 is 0. The first kappa shape index (κ1) is 16.6. The van der Waals surface area contributed by atoms with Crippen LogP contribution in [0.25, 0.3) is 11.0 Å². The van der Waals surface area contributed by atoms with E-state index >= 15 is 0 Å². The van der Waals surface area contributed by atoms with Crippen molar-refractivity contribution in [2.75, 3.05) is 18.4 Å². The smallest absolute Gasteiger partial charge is 0.253 e. The maximum atomic E-state index is 12.5. The van der Waals surface area contributed by atoms with E-state index in [0.29, 0.717) is 38.0 Å². The molecule has 0 radical (unpaired) electrons. The Morgan fingerprint density at radius 1 is 1.19 bits per heavy atom. The lowest BCUT2D eigenvalue weighted by Gasteiger charge is -2.29. The topological polar surface area (TPSA) is 81.2 Å². The number of aliphatic hydroxyl groups is 1. The molecule has 1 saturated heterocycles. The van der Waals surface area contributed by atoms with Gasteiger partial charge in [-0.2, -0.15) is 0 Å². The molecule has 0 bridgehead atoms. The van der Waals surface area contributed by atoms with Crippen molar-refractivity contribution >= 4 is 22.6 Å². The highest BCUT2D eigenvalue weighted by Gasteiger charge is 2.22. The predicted octanol–water partition coefficient (Wildman–Crippen LogP) is 2.77. The van der Waals surface area contributed by atoms with Crippen LogP contribution in [0.5, 0.6) is 0 Å².